The first kappa shape index (κ1) is 21.5. The standard InChI is InChI=1S/C24H23NO4S2/c1-25-18-22(30(26,27)20-13-7-3-8-14-20)17-23(24(25)19-11-5-2-6-12-19)31(28,29)21-15-9-4-10-16-21/h2-17,23-24H,18H2,1H3. The van der Waals surface area contributed by atoms with E-state index in [1.807, 2.05) is 30.3 Å². The molecule has 2 unspecified atom stereocenters. The van der Waals surface area contributed by atoms with Crippen LogP contribution in [-0.2, 0) is 19.7 Å². The topological polar surface area (TPSA) is 71.5 Å². The summed E-state index contributed by atoms with van der Waals surface area (Å²) in [6.07, 6.45) is 1.43. The van der Waals surface area contributed by atoms with E-state index >= 15 is 0 Å². The summed E-state index contributed by atoms with van der Waals surface area (Å²) in [6, 6.07) is 25.1. The molecule has 0 fully saturated rings. The van der Waals surface area contributed by atoms with Gasteiger partial charge in [-0.1, -0.05) is 66.7 Å². The first-order valence-corrected chi connectivity index (χ1v) is 12.9. The zero-order valence-electron chi connectivity index (χ0n) is 17.0. The summed E-state index contributed by atoms with van der Waals surface area (Å²) in [5, 5.41) is -1.05. The Bertz CT molecular complexity index is 1290. The Balaban J connectivity index is 1.89. The third kappa shape index (κ3) is 4.08. The predicted octanol–water partition coefficient (Wildman–Crippen LogP) is 3.87. The van der Waals surface area contributed by atoms with Crippen molar-refractivity contribution in [2.75, 3.05) is 13.6 Å². The molecule has 4 rings (SSSR count). The molecule has 7 heteroatoms. The molecule has 0 amide bonds. The molecule has 5 nitrogen and oxygen atoms in total. The highest BCUT2D eigenvalue weighted by molar-refractivity contribution is 7.95. The van der Waals surface area contributed by atoms with Crippen molar-refractivity contribution in [2.45, 2.75) is 21.1 Å². The van der Waals surface area contributed by atoms with Crippen molar-refractivity contribution in [3.63, 3.8) is 0 Å². The highest BCUT2D eigenvalue weighted by atomic mass is 32.2. The van der Waals surface area contributed by atoms with Gasteiger partial charge in [0.15, 0.2) is 9.84 Å². The van der Waals surface area contributed by atoms with Crippen molar-refractivity contribution >= 4 is 19.7 Å². The van der Waals surface area contributed by atoms with E-state index in [-0.39, 0.29) is 21.2 Å². The van der Waals surface area contributed by atoms with Gasteiger partial charge in [-0.2, -0.15) is 0 Å². The van der Waals surface area contributed by atoms with Gasteiger partial charge in [-0.3, -0.25) is 4.90 Å². The van der Waals surface area contributed by atoms with Crippen molar-refractivity contribution < 1.29 is 16.8 Å². The Morgan fingerprint density at radius 2 is 1.19 bits per heavy atom. The second-order valence-corrected chi connectivity index (χ2v) is 11.7. The molecule has 1 heterocycles. The lowest BCUT2D eigenvalue weighted by Crippen LogP contribution is -2.43. The van der Waals surface area contributed by atoms with E-state index in [0.717, 1.165) is 5.56 Å². The zero-order chi connectivity index (χ0) is 22.1. The second kappa shape index (κ2) is 8.42. The SMILES string of the molecule is CN1CC(S(=O)(=O)c2ccccc2)=CC(S(=O)(=O)c2ccccc2)C1c1ccccc1. The summed E-state index contributed by atoms with van der Waals surface area (Å²) >= 11 is 0. The van der Waals surface area contributed by atoms with E-state index in [4.69, 9.17) is 0 Å². The van der Waals surface area contributed by atoms with E-state index in [2.05, 4.69) is 0 Å². The van der Waals surface area contributed by atoms with E-state index in [0.29, 0.717) is 0 Å². The van der Waals surface area contributed by atoms with Crippen LogP contribution >= 0.6 is 0 Å². The minimum atomic E-state index is -3.85. The highest BCUT2D eigenvalue weighted by Gasteiger charge is 2.42. The van der Waals surface area contributed by atoms with E-state index in [1.54, 1.807) is 60.5 Å². The minimum absolute atomic E-state index is 0.0953. The van der Waals surface area contributed by atoms with Crippen molar-refractivity contribution in [3.05, 3.63) is 108 Å². The number of hydrogen-bond donors (Lipinski definition) is 0. The van der Waals surface area contributed by atoms with Crippen LogP contribution in [0.1, 0.15) is 11.6 Å². The molecule has 3 aromatic rings. The second-order valence-electron chi connectivity index (χ2n) is 7.54. The van der Waals surface area contributed by atoms with Gasteiger partial charge in [-0.05, 0) is 43.0 Å². The maximum atomic E-state index is 13.7. The molecule has 31 heavy (non-hydrogen) atoms. The van der Waals surface area contributed by atoms with Crippen LogP contribution in [0.15, 0.2) is 112 Å². The lowest BCUT2D eigenvalue weighted by Gasteiger charge is -2.38. The summed E-state index contributed by atoms with van der Waals surface area (Å²) in [6.45, 7) is 0.123. The third-order valence-corrected chi connectivity index (χ3v) is 9.40. The molecular formula is C24H23NO4S2. The fraction of sp³-hybridized carbons (Fsp3) is 0.167. The Kier molecular flexibility index (Phi) is 5.83. The maximum absolute atomic E-state index is 13.7. The Labute approximate surface area is 183 Å². The monoisotopic (exact) mass is 453 g/mol. The largest absolute Gasteiger partial charge is 0.293 e. The van der Waals surface area contributed by atoms with Gasteiger partial charge in [0.2, 0.25) is 9.84 Å². The first-order chi connectivity index (χ1) is 14.8. The summed E-state index contributed by atoms with van der Waals surface area (Å²) in [7, 11) is -5.91. The lowest BCUT2D eigenvalue weighted by molar-refractivity contribution is 0.258. The fourth-order valence-electron chi connectivity index (χ4n) is 3.97. The molecule has 0 radical (unpaired) electrons. The van der Waals surface area contributed by atoms with Crippen LogP contribution in [-0.4, -0.2) is 40.6 Å². The molecule has 0 aliphatic carbocycles. The highest BCUT2D eigenvalue weighted by Crippen LogP contribution is 2.38. The van der Waals surface area contributed by atoms with Crippen molar-refractivity contribution in [2.24, 2.45) is 0 Å². The molecule has 2 atom stereocenters. The van der Waals surface area contributed by atoms with Gasteiger partial charge >= 0.3 is 0 Å². The van der Waals surface area contributed by atoms with Gasteiger partial charge in [0, 0.05) is 6.54 Å². The average Bonchev–Trinajstić information content (AvgIpc) is 2.80. The Morgan fingerprint density at radius 1 is 0.710 bits per heavy atom. The molecule has 160 valence electrons. The van der Waals surface area contributed by atoms with Gasteiger partial charge in [-0.15, -0.1) is 0 Å². The molecule has 0 N–H and O–H groups in total. The van der Waals surface area contributed by atoms with Crippen LogP contribution in [0.25, 0.3) is 0 Å². The van der Waals surface area contributed by atoms with Crippen molar-refractivity contribution in [3.8, 4) is 0 Å². The zero-order valence-corrected chi connectivity index (χ0v) is 18.6. The number of hydrogen-bond acceptors (Lipinski definition) is 5. The van der Waals surface area contributed by atoms with Crippen LogP contribution < -0.4 is 0 Å². The Morgan fingerprint density at radius 3 is 1.74 bits per heavy atom. The average molecular weight is 454 g/mol. The predicted molar refractivity (Wildman–Crippen MR) is 121 cm³/mol. The number of benzene rings is 3. The van der Waals surface area contributed by atoms with Crippen molar-refractivity contribution in [1.82, 2.24) is 4.90 Å². The van der Waals surface area contributed by atoms with Crippen LogP contribution in [0.2, 0.25) is 0 Å². The van der Waals surface area contributed by atoms with Gasteiger partial charge in [0.25, 0.3) is 0 Å². The lowest BCUT2D eigenvalue weighted by atomic mass is 9.99. The Hall–Kier alpha value is -2.74. The molecule has 0 aromatic heterocycles. The van der Waals surface area contributed by atoms with Crippen molar-refractivity contribution in [1.29, 1.82) is 0 Å². The van der Waals surface area contributed by atoms with Gasteiger partial charge in [0.05, 0.1) is 20.7 Å². The van der Waals surface area contributed by atoms with Gasteiger partial charge < -0.3 is 0 Å². The minimum Gasteiger partial charge on any atom is -0.293 e. The van der Waals surface area contributed by atoms with E-state index in [9.17, 15) is 16.8 Å². The van der Waals surface area contributed by atoms with Crippen LogP contribution in [0.3, 0.4) is 0 Å². The maximum Gasteiger partial charge on any atom is 0.203 e. The molecule has 3 aromatic carbocycles. The number of nitrogens with zero attached hydrogens (tertiary/aromatic N) is 1. The molecule has 0 saturated carbocycles. The molecular weight excluding hydrogens is 430 g/mol. The van der Waals surface area contributed by atoms with Gasteiger partial charge in [-0.25, -0.2) is 16.8 Å². The van der Waals surface area contributed by atoms with E-state index < -0.39 is 31.0 Å². The number of rotatable bonds is 5. The number of likely N-dealkylation sites (N-methyl/N-ethyl adjacent to an activating group) is 1. The van der Waals surface area contributed by atoms with Crippen LogP contribution in [0, 0.1) is 0 Å². The smallest absolute Gasteiger partial charge is 0.203 e. The molecule has 0 spiro atoms. The first-order valence-electron chi connectivity index (χ1n) is 9.87. The number of sulfone groups is 2. The third-order valence-electron chi connectivity index (χ3n) is 5.51. The summed E-state index contributed by atoms with van der Waals surface area (Å²) in [5.41, 5.74) is 0.821. The molecule has 0 saturated heterocycles. The molecule has 0 bridgehead atoms. The van der Waals surface area contributed by atoms with E-state index in [1.165, 1.54) is 18.2 Å². The molecule has 1 aliphatic heterocycles. The van der Waals surface area contributed by atoms with Gasteiger partial charge in [0.1, 0.15) is 5.25 Å². The summed E-state index contributed by atoms with van der Waals surface area (Å²) in [5.74, 6) is 0. The summed E-state index contributed by atoms with van der Waals surface area (Å²) in [4.78, 5) is 2.22. The van der Waals surface area contributed by atoms with Crippen LogP contribution in [0.5, 0.6) is 0 Å². The quantitative estimate of drug-likeness (QED) is 0.586. The summed E-state index contributed by atoms with van der Waals surface area (Å²) < 4.78 is 53.9. The fourth-order valence-corrected chi connectivity index (χ4v) is 7.47. The normalized spacial score (nSPS) is 20.2. The molecule has 1 aliphatic rings. The van der Waals surface area contributed by atoms with Crippen LogP contribution in [0.4, 0.5) is 0 Å².